The standard InChI is InChI=1S/C16H24N6O2/c1-16(2,3)18-15(24)17-8-9-22-13-7-6-11(14(23)21(4)5)10-12(13)19-20-22/h6-7,10H,8-9H2,1-5H3,(H2,17,18,24). The van der Waals surface area contributed by atoms with Crippen LogP contribution in [0.3, 0.4) is 0 Å². The Kier molecular flexibility index (Phi) is 5.06. The van der Waals surface area contributed by atoms with Gasteiger partial charge >= 0.3 is 6.03 Å². The number of urea groups is 1. The average Bonchev–Trinajstić information content (AvgIpc) is 2.87. The molecule has 2 rings (SSSR count). The Morgan fingerprint density at radius 3 is 2.58 bits per heavy atom. The van der Waals surface area contributed by atoms with Gasteiger partial charge in [-0.3, -0.25) is 4.79 Å². The van der Waals surface area contributed by atoms with E-state index < -0.39 is 0 Å². The summed E-state index contributed by atoms with van der Waals surface area (Å²) in [7, 11) is 3.41. The summed E-state index contributed by atoms with van der Waals surface area (Å²) in [6.45, 7) is 6.69. The first-order valence-corrected chi connectivity index (χ1v) is 7.78. The molecule has 2 aromatic rings. The predicted octanol–water partition coefficient (Wildman–Crippen LogP) is 1.23. The van der Waals surface area contributed by atoms with E-state index >= 15 is 0 Å². The second-order valence-corrected chi connectivity index (χ2v) is 6.85. The lowest BCUT2D eigenvalue weighted by molar-refractivity contribution is 0.0827. The van der Waals surface area contributed by atoms with Crippen LogP contribution in [0.5, 0.6) is 0 Å². The van der Waals surface area contributed by atoms with Crippen LogP contribution in [0.2, 0.25) is 0 Å². The summed E-state index contributed by atoms with van der Waals surface area (Å²) in [4.78, 5) is 25.2. The summed E-state index contributed by atoms with van der Waals surface area (Å²) in [5.41, 5.74) is 1.77. The van der Waals surface area contributed by atoms with Gasteiger partial charge in [-0.05, 0) is 39.0 Å². The molecule has 0 fully saturated rings. The lowest BCUT2D eigenvalue weighted by Crippen LogP contribution is -2.47. The predicted molar refractivity (Wildman–Crippen MR) is 91.8 cm³/mol. The SMILES string of the molecule is CN(C)C(=O)c1ccc2c(c1)nnn2CCNC(=O)NC(C)(C)C. The van der Waals surface area contributed by atoms with E-state index in [1.807, 2.05) is 26.8 Å². The first kappa shape index (κ1) is 17.7. The molecular formula is C16H24N6O2. The van der Waals surface area contributed by atoms with Crippen molar-refractivity contribution >= 4 is 23.0 Å². The van der Waals surface area contributed by atoms with Gasteiger partial charge in [0.25, 0.3) is 5.91 Å². The number of hydrogen-bond acceptors (Lipinski definition) is 4. The Morgan fingerprint density at radius 2 is 1.96 bits per heavy atom. The fraction of sp³-hybridized carbons (Fsp3) is 0.500. The van der Waals surface area contributed by atoms with Gasteiger partial charge in [0, 0.05) is 31.7 Å². The zero-order valence-corrected chi connectivity index (χ0v) is 14.8. The number of amides is 3. The Labute approximate surface area is 141 Å². The summed E-state index contributed by atoms with van der Waals surface area (Å²) < 4.78 is 1.70. The topological polar surface area (TPSA) is 92.2 Å². The van der Waals surface area contributed by atoms with Crippen molar-refractivity contribution in [1.29, 1.82) is 0 Å². The number of nitrogens with one attached hydrogen (secondary N) is 2. The highest BCUT2D eigenvalue weighted by Crippen LogP contribution is 2.14. The molecule has 3 amide bonds. The molecule has 0 aliphatic carbocycles. The summed E-state index contributed by atoms with van der Waals surface area (Å²) in [6.07, 6.45) is 0. The maximum absolute atomic E-state index is 12.0. The fourth-order valence-corrected chi connectivity index (χ4v) is 2.19. The highest BCUT2D eigenvalue weighted by atomic mass is 16.2. The van der Waals surface area contributed by atoms with Crippen molar-refractivity contribution in [2.45, 2.75) is 32.9 Å². The number of fused-ring (bicyclic) bond motifs is 1. The third-order valence-electron chi connectivity index (χ3n) is 3.26. The van der Waals surface area contributed by atoms with Crippen molar-refractivity contribution in [2.24, 2.45) is 0 Å². The molecule has 1 heterocycles. The van der Waals surface area contributed by atoms with E-state index in [2.05, 4.69) is 20.9 Å². The summed E-state index contributed by atoms with van der Waals surface area (Å²) >= 11 is 0. The molecule has 0 saturated heterocycles. The number of carbonyl (C=O) groups is 2. The van der Waals surface area contributed by atoms with Crippen LogP contribution in [0, 0.1) is 0 Å². The van der Waals surface area contributed by atoms with Crippen molar-refractivity contribution in [3.8, 4) is 0 Å². The smallest absolute Gasteiger partial charge is 0.315 e. The molecule has 8 heteroatoms. The van der Waals surface area contributed by atoms with Crippen LogP contribution in [-0.4, -0.2) is 58.0 Å². The van der Waals surface area contributed by atoms with Gasteiger partial charge in [0.1, 0.15) is 5.52 Å². The number of aromatic nitrogens is 3. The number of carbonyl (C=O) groups excluding carboxylic acids is 2. The molecule has 0 unspecified atom stereocenters. The number of benzene rings is 1. The van der Waals surface area contributed by atoms with Crippen LogP contribution < -0.4 is 10.6 Å². The van der Waals surface area contributed by atoms with Crippen LogP contribution in [0.25, 0.3) is 11.0 Å². The van der Waals surface area contributed by atoms with Gasteiger partial charge in [0.15, 0.2) is 0 Å². The second-order valence-electron chi connectivity index (χ2n) is 6.85. The van der Waals surface area contributed by atoms with Gasteiger partial charge in [-0.25, -0.2) is 9.48 Å². The summed E-state index contributed by atoms with van der Waals surface area (Å²) in [5, 5.41) is 13.8. The number of nitrogens with zero attached hydrogens (tertiary/aromatic N) is 4. The van der Waals surface area contributed by atoms with Crippen LogP contribution >= 0.6 is 0 Å². The van der Waals surface area contributed by atoms with Crippen molar-refractivity contribution in [2.75, 3.05) is 20.6 Å². The first-order valence-electron chi connectivity index (χ1n) is 7.78. The van der Waals surface area contributed by atoms with E-state index in [-0.39, 0.29) is 17.5 Å². The van der Waals surface area contributed by atoms with Gasteiger partial charge in [0.05, 0.1) is 12.1 Å². The molecule has 0 aliphatic rings. The number of rotatable bonds is 4. The number of hydrogen-bond donors (Lipinski definition) is 2. The van der Waals surface area contributed by atoms with Gasteiger partial charge in [-0.2, -0.15) is 0 Å². The Hall–Kier alpha value is -2.64. The van der Waals surface area contributed by atoms with E-state index in [0.717, 1.165) is 5.52 Å². The Bertz CT molecular complexity index is 745. The lowest BCUT2D eigenvalue weighted by atomic mass is 10.1. The molecule has 0 spiro atoms. The minimum Gasteiger partial charge on any atom is -0.345 e. The lowest BCUT2D eigenvalue weighted by Gasteiger charge is -2.20. The fourth-order valence-electron chi connectivity index (χ4n) is 2.19. The molecule has 0 saturated carbocycles. The highest BCUT2D eigenvalue weighted by Gasteiger charge is 2.14. The van der Waals surface area contributed by atoms with Crippen molar-refractivity contribution in [1.82, 2.24) is 30.5 Å². The molecule has 0 radical (unpaired) electrons. The van der Waals surface area contributed by atoms with E-state index in [1.165, 1.54) is 4.90 Å². The van der Waals surface area contributed by atoms with Crippen molar-refractivity contribution in [3.63, 3.8) is 0 Å². The molecule has 1 aromatic carbocycles. The molecule has 0 aliphatic heterocycles. The van der Waals surface area contributed by atoms with Crippen LogP contribution in [0.4, 0.5) is 4.79 Å². The first-order chi connectivity index (χ1) is 11.2. The molecule has 1 aromatic heterocycles. The summed E-state index contributed by atoms with van der Waals surface area (Å²) in [5.74, 6) is -0.0769. The van der Waals surface area contributed by atoms with E-state index in [4.69, 9.17) is 0 Å². The third kappa shape index (κ3) is 4.43. The van der Waals surface area contributed by atoms with E-state index in [1.54, 1.807) is 30.9 Å². The minimum atomic E-state index is -0.278. The monoisotopic (exact) mass is 332 g/mol. The van der Waals surface area contributed by atoms with Gasteiger partial charge < -0.3 is 15.5 Å². The molecule has 0 atom stereocenters. The maximum atomic E-state index is 12.0. The van der Waals surface area contributed by atoms with Gasteiger partial charge in [-0.15, -0.1) is 5.10 Å². The largest absolute Gasteiger partial charge is 0.345 e. The van der Waals surface area contributed by atoms with E-state index in [9.17, 15) is 9.59 Å². The second kappa shape index (κ2) is 6.86. The van der Waals surface area contributed by atoms with E-state index in [0.29, 0.717) is 24.2 Å². The summed E-state index contributed by atoms with van der Waals surface area (Å²) in [6, 6.07) is 5.08. The van der Waals surface area contributed by atoms with Crippen molar-refractivity contribution in [3.05, 3.63) is 23.8 Å². The minimum absolute atomic E-state index is 0.0769. The zero-order chi connectivity index (χ0) is 17.9. The zero-order valence-electron chi connectivity index (χ0n) is 14.8. The van der Waals surface area contributed by atoms with Crippen molar-refractivity contribution < 1.29 is 9.59 Å². The normalized spacial score (nSPS) is 11.4. The molecule has 2 N–H and O–H groups in total. The Morgan fingerprint density at radius 1 is 1.25 bits per heavy atom. The molecule has 130 valence electrons. The van der Waals surface area contributed by atoms with Crippen LogP contribution in [-0.2, 0) is 6.54 Å². The average molecular weight is 332 g/mol. The molecule has 24 heavy (non-hydrogen) atoms. The highest BCUT2D eigenvalue weighted by molar-refractivity contribution is 5.97. The van der Waals surface area contributed by atoms with Gasteiger partial charge in [-0.1, -0.05) is 5.21 Å². The molecule has 8 nitrogen and oxygen atoms in total. The third-order valence-corrected chi connectivity index (χ3v) is 3.26. The van der Waals surface area contributed by atoms with Crippen LogP contribution in [0.15, 0.2) is 18.2 Å². The van der Waals surface area contributed by atoms with Crippen LogP contribution in [0.1, 0.15) is 31.1 Å². The Balaban J connectivity index is 2.01. The maximum Gasteiger partial charge on any atom is 0.315 e. The quantitative estimate of drug-likeness (QED) is 0.881. The molecular weight excluding hydrogens is 308 g/mol. The molecule has 0 bridgehead atoms. The van der Waals surface area contributed by atoms with Gasteiger partial charge in [0.2, 0.25) is 0 Å².